The van der Waals surface area contributed by atoms with E-state index in [9.17, 15) is 24.2 Å². The van der Waals surface area contributed by atoms with Gasteiger partial charge in [-0.25, -0.2) is 4.39 Å². The molecule has 1 aromatic carbocycles. The molecule has 2 saturated heterocycles. The summed E-state index contributed by atoms with van der Waals surface area (Å²) in [5, 5.41) is 19.4. The van der Waals surface area contributed by atoms with E-state index < -0.39 is 5.82 Å². The number of aliphatic hydroxyl groups excluding tert-OH is 2. The fourth-order valence-electron chi connectivity index (χ4n) is 4.24. The quantitative estimate of drug-likeness (QED) is 0.597. The van der Waals surface area contributed by atoms with E-state index in [2.05, 4.69) is 4.90 Å². The smallest absolute Gasteiger partial charge is 0.246 e. The van der Waals surface area contributed by atoms with E-state index >= 15 is 0 Å². The van der Waals surface area contributed by atoms with E-state index in [1.54, 1.807) is 21.9 Å². The number of piperidine rings is 1. The van der Waals surface area contributed by atoms with Gasteiger partial charge in [-0.15, -0.1) is 0 Å². The molecule has 1 aromatic rings. The summed E-state index contributed by atoms with van der Waals surface area (Å²) in [5.74, 6) is -0.690. The van der Waals surface area contributed by atoms with Crippen LogP contribution in [0, 0.1) is 5.82 Å². The van der Waals surface area contributed by atoms with Gasteiger partial charge in [0.05, 0.1) is 17.7 Å². The minimum atomic E-state index is -0.510. The van der Waals surface area contributed by atoms with Crippen LogP contribution in [0.4, 0.5) is 4.39 Å². The monoisotopic (exact) mass is 467 g/mol. The van der Waals surface area contributed by atoms with Crippen LogP contribution in [-0.2, 0) is 9.59 Å². The Morgan fingerprint density at radius 1 is 1.22 bits per heavy atom. The van der Waals surface area contributed by atoms with Gasteiger partial charge in [0.15, 0.2) is 0 Å². The fourth-order valence-corrected chi connectivity index (χ4v) is 4.43. The van der Waals surface area contributed by atoms with Crippen LogP contribution in [0.15, 0.2) is 24.3 Å². The van der Waals surface area contributed by atoms with Crippen molar-refractivity contribution >= 4 is 29.5 Å². The highest BCUT2D eigenvalue weighted by molar-refractivity contribution is 6.30. The van der Waals surface area contributed by atoms with Crippen molar-refractivity contribution in [1.82, 2.24) is 14.7 Å². The summed E-state index contributed by atoms with van der Waals surface area (Å²) in [7, 11) is 0. The minimum Gasteiger partial charge on any atom is -0.395 e. The lowest BCUT2D eigenvalue weighted by Crippen LogP contribution is -2.48. The molecule has 2 unspecified atom stereocenters. The van der Waals surface area contributed by atoms with Crippen LogP contribution in [0.25, 0.3) is 6.08 Å². The first kappa shape index (κ1) is 24.6. The van der Waals surface area contributed by atoms with E-state index in [0.717, 1.165) is 12.8 Å². The Bertz CT molecular complexity index is 837. The molecule has 0 saturated carbocycles. The highest BCUT2D eigenvalue weighted by Crippen LogP contribution is 2.18. The van der Waals surface area contributed by atoms with Gasteiger partial charge in [-0.2, -0.15) is 0 Å². The first-order chi connectivity index (χ1) is 15.4. The average molecular weight is 468 g/mol. The van der Waals surface area contributed by atoms with Gasteiger partial charge in [0.25, 0.3) is 0 Å². The molecule has 0 radical (unpaired) electrons. The minimum absolute atomic E-state index is 0.0000167. The van der Waals surface area contributed by atoms with Crippen molar-refractivity contribution in [2.24, 2.45) is 0 Å². The third kappa shape index (κ3) is 6.75. The number of halogens is 2. The number of rotatable bonds is 7. The number of hydrogen-bond donors (Lipinski definition) is 2. The van der Waals surface area contributed by atoms with Crippen molar-refractivity contribution in [2.75, 3.05) is 45.9 Å². The third-order valence-electron chi connectivity index (χ3n) is 6.14. The van der Waals surface area contributed by atoms with E-state index in [1.165, 1.54) is 18.2 Å². The fraction of sp³-hybridized carbons (Fsp3) is 0.565. The largest absolute Gasteiger partial charge is 0.395 e. The van der Waals surface area contributed by atoms with Crippen molar-refractivity contribution in [1.29, 1.82) is 0 Å². The molecule has 3 rings (SSSR count). The van der Waals surface area contributed by atoms with Crippen molar-refractivity contribution < 1.29 is 24.2 Å². The van der Waals surface area contributed by atoms with Crippen molar-refractivity contribution in [3.05, 3.63) is 40.7 Å². The highest BCUT2D eigenvalue weighted by atomic mass is 35.5. The molecule has 0 aliphatic carbocycles. The van der Waals surface area contributed by atoms with Gasteiger partial charge < -0.3 is 20.0 Å². The average Bonchev–Trinajstić information content (AvgIpc) is 2.96. The summed E-state index contributed by atoms with van der Waals surface area (Å²) in [5.41, 5.74) is 0.626. The summed E-state index contributed by atoms with van der Waals surface area (Å²) in [6.45, 7) is 3.17. The first-order valence-electron chi connectivity index (χ1n) is 11.1. The number of benzene rings is 1. The molecule has 2 N–H and O–H groups in total. The van der Waals surface area contributed by atoms with Gasteiger partial charge in [0.2, 0.25) is 11.8 Å². The zero-order chi connectivity index (χ0) is 23.1. The number of aliphatic hydroxyl groups is 2. The summed E-state index contributed by atoms with van der Waals surface area (Å²) >= 11 is 5.77. The number of carbonyl (C=O) groups is 2. The molecule has 176 valence electrons. The summed E-state index contributed by atoms with van der Waals surface area (Å²) in [6, 6.07) is 4.31. The van der Waals surface area contributed by atoms with Gasteiger partial charge >= 0.3 is 0 Å². The Labute approximate surface area is 193 Å². The molecular formula is C23H31ClFN3O4. The number of β-amino-alcohol motifs (C(OH)–C–C–N with tert-alkyl or cyclic N) is 1. The SMILES string of the molecule is O=C(C=Cc1ccc(F)c(Cl)c1)N1CCC(=O)N(CCCN2CC(O)CCC2CO)CC1. The second-order valence-electron chi connectivity index (χ2n) is 8.38. The maximum Gasteiger partial charge on any atom is 0.246 e. The van der Waals surface area contributed by atoms with Crippen molar-refractivity contribution in [3.8, 4) is 0 Å². The second-order valence-corrected chi connectivity index (χ2v) is 8.79. The lowest BCUT2D eigenvalue weighted by Gasteiger charge is -2.37. The molecule has 2 amide bonds. The topological polar surface area (TPSA) is 84.3 Å². The van der Waals surface area contributed by atoms with E-state index in [-0.39, 0.29) is 42.0 Å². The molecule has 2 atom stereocenters. The van der Waals surface area contributed by atoms with Gasteiger partial charge in [-0.05, 0) is 43.0 Å². The maximum atomic E-state index is 13.3. The van der Waals surface area contributed by atoms with Gasteiger partial charge in [-0.3, -0.25) is 14.5 Å². The molecule has 2 heterocycles. The van der Waals surface area contributed by atoms with E-state index in [0.29, 0.717) is 51.3 Å². The maximum absolute atomic E-state index is 13.3. The number of carbonyl (C=O) groups excluding carboxylic acids is 2. The van der Waals surface area contributed by atoms with Crippen LogP contribution in [0.5, 0.6) is 0 Å². The number of likely N-dealkylation sites (tertiary alicyclic amines) is 1. The van der Waals surface area contributed by atoms with Gasteiger partial charge in [0, 0.05) is 57.8 Å². The van der Waals surface area contributed by atoms with Crippen LogP contribution in [0.3, 0.4) is 0 Å². The van der Waals surface area contributed by atoms with Gasteiger partial charge in [-0.1, -0.05) is 17.7 Å². The predicted molar refractivity (Wildman–Crippen MR) is 121 cm³/mol. The Morgan fingerprint density at radius 2 is 2.03 bits per heavy atom. The van der Waals surface area contributed by atoms with E-state index in [4.69, 9.17) is 11.6 Å². The van der Waals surface area contributed by atoms with Crippen LogP contribution in [0.2, 0.25) is 5.02 Å². The molecule has 2 aliphatic rings. The molecule has 32 heavy (non-hydrogen) atoms. The van der Waals surface area contributed by atoms with Crippen LogP contribution in [0.1, 0.15) is 31.2 Å². The standard InChI is InChI=1S/C23H31ClFN3O4/c24-20-14-17(2-6-21(20)25)3-7-22(31)27-11-8-23(32)26(12-13-27)9-1-10-28-15-19(30)5-4-18(28)16-29/h2-3,6-7,14,18-19,29-30H,1,4-5,8-13,15-16H2. The summed E-state index contributed by atoms with van der Waals surface area (Å²) < 4.78 is 13.3. The lowest BCUT2D eigenvalue weighted by atomic mass is 10.0. The molecule has 0 bridgehead atoms. The Hall–Kier alpha value is -2.00. The van der Waals surface area contributed by atoms with Crippen LogP contribution in [-0.4, -0.2) is 94.7 Å². The van der Waals surface area contributed by atoms with Crippen molar-refractivity contribution in [3.63, 3.8) is 0 Å². The molecule has 2 fully saturated rings. The third-order valence-corrected chi connectivity index (χ3v) is 6.43. The zero-order valence-corrected chi connectivity index (χ0v) is 18.9. The van der Waals surface area contributed by atoms with Crippen molar-refractivity contribution in [2.45, 2.75) is 37.8 Å². The normalized spacial score (nSPS) is 23.1. The highest BCUT2D eigenvalue weighted by Gasteiger charge is 2.27. The molecular weight excluding hydrogens is 437 g/mol. The summed E-state index contributed by atoms with van der Waals surface area (Å²) in [4.78, 5) is 30.6. The molecule has 9 heteroatoms. The zero-order valence-electron chi connectivity index (χ0n) is 18.1. The molecule has 7 nitrogen and oxygen atoms in total. The molecule has 0 aromatic heterocycles. The predicted octanol–water partition coefficient (Wildman–Crippen LogP) is 1.76. The van der Waals surface area contributed by atoms with Gasteiger partial charge in [0.1, 0.15) is 5.82 Å². The molecule has 0 spiro atoms. The summed E-state index contributed by atoms with van der Waals surface area (Å²) in [6.07, 6.45) is 5.13. The second kappa shape index (κ2) is 11.7. The van der Waals surface area contributed by atoms with Crippen LogP contribution >= 0.6 is 11.6 Å². The lowest BCUT2D eigenvalue weighted by molar-refractivity contribution is -0.130. The van der Waals surface area contributed by atoms with E-state index in [1.807, 2.05) is 0 Å². The molecule has 2 aliphatic heterocycles. The number of amides is 2. The Balaban J connectivity index is 1.48. The Kier molecular flexibility index (Phi) is 9.04. The first-order valence-corrected chi connectivity index (χ1v) is 11.5. The van der Waals surface area contributed by atoms with Crippen LogP contribution < -0.4 is 0 Å². The Morgan fingerprint density at radius 3 is 2.78 bits per heavy atom. The number of nitrogens with zero attached hydrogens (tertiary/aromatic N) is 3. The number of hydrogen-bond acceptors (Lipinski definition) is 5.